The van der Waals surface area contributed by atoms with Gasteiger partial charge in [0, 0.05) is 23.7 Å². The number of benzene rings is 2. The number of nitrogens with one attached hydrogen (secondary N) is 1. The topological polar surface area (TPSA) is 77.5 Å². The molecule has 3 N–H and O–H groups in total. The first kappa shape index (κ1) is 20.2. The maximum Gasteiger partial charge on any atom is 0.189 e. The van der Waals surface area contributed by atoms with Crippen molar-refractivity contribution < 1.29 is 4.74 Å². The van der Waals surface area contributed by atoms with E-state index in [2.05, 4.69) is 21.5 Å². The van der Waals surface area contributed by atoms with Gasteiger partial charge in [-0.25, -0.2) is 9.67 Å². The molecule has 0 saturated carbocycles. The number of guanidine groups is 1. The first-order valence-corrected chi connectivity index (χ1v) is 9.09. The van der Waals surface area contributed by atoms with Crippen molar-refractivity contribution in [3.05, 3.63) is 77.6 Å². The van der Waals surface area contributed by atoms with Crippen LogP contribution in [0.5, 0.6) is 5.75 Å². The van der Waals surface area contributed by atoms with Gasteiger partial charge in [-0.2, -0.15) is 5.10 Å². The predicted octanol–water partition coefficient (Wildman–Crippen LogP) is 3.73. The Kier molecular flexibility index (Phi) is 6.56. The molecule has 0 spiro atoms. The SMILES string of the molecule is Cc1nn(-c2ccccc2)cc1CN=C(N)NC1CCOc2ccccc21.I. The van der Waals surface area contributed by atoms with Crippen molar-refractivity contribution in [3.8, 4) is 11.4 Å². The highest BCUT2D eigenvalue weighted by atomic mass is 127. The summed E-state index contributed by atoms with van der Waals surface area (Å²) in [7, 11) is 0. The first-order valence-electron chi connectivity index (χ1n) is 9.09. The molecule has 2 aromatic carbocycles. The van der Waals surface area contributed by atoms with E-state index in [1.165, 1.54) is 0 Å². The normalized spacial score (nSPS) is 15.9. The maximum atomic E-state index is 6.15. The quantitative estimate of drug-likeness (QED) is 0.333. The number of ether oxygens (including phenoxy) is 1. The van der Waals surface area contributed by atoms with Crippen molar-refractivity contribution >= 4 is 29.9 Å². The summed E-state index contributed by atoms with van der Waals surface area (Å²) < 4.78 is 7.57. The fourth-order valence-corrected chi connectivity index (χ4v) is 3.25. The molecule has 1 unspecified atom stereocenters. The zero-order valence-electron chi connectivity index (χ0n) is 15.7. The molecule has 7 heteroatoms. The van der Waals surface area contributed by atoms with Gasteiger partial charge in [-0.15, -0.1) is 24.0 Å². The molecule has 0 radical (unpaired) electrons. The van der Waals surface area contributed by atoms with E-state index in [1.807, 2.05) is 66.3 Å². The number of halogens is 1. The maximum absolute atomic E-state index is 6.15. The Morgan fingerprint density at radius 3 is 2.79 bits per heavy atom. The highest BCUT2D eigenvalue weighted by Crippen LogP contribution is 2.31. The largest absolute Gasteiger partial charge is 0.493 e. The van der Waals surface area contributed by atoms with E-state index in [1.54, 1.807) is 0 Å². The van der Waals surface area contributed by atoms with Gasteiger partial charge in [0.05, 0.1) is 30.6 Å². The van der Waals surface area contributed by atoms with Crippen LogP contribution in [-0.4, -0.2) is 22.3 Å². The van der Waals surface area contributed by atoms with Crippen molar-refractivity contribution in [2.75, 3.05) is 6.61 Å². The molecule has 6 nitrogen and oxygen atoms in total. The lowest BCUT2D eigenvalue weighted by molar-refractivity contribution is 0.262. The van der Waals surface area contributed by atoms with Gasteiger partial charge in [-0.05, 0) is 25.1 Å². The second-order valence-corrected chi connectivity index (χ2v) is 6.59. The lowest BCUT2D eigenvalue weighted by atomic mass is 10.0. The van der Waals surface area contributed by atoms with Crippen LogP contribution in [0.1, 0.15) is 29.3 Å². The van der Waals surface area contributed by atoms with Crippen molar-refractivity contribution in [2.24, 2.45) is 10.7 Å². The van der Waals surface area contributed by atoms with Crippen LogP contribution in [0.4, 0.5) is 0 Å². The number of nitrogens with zero attached hydrogens (tertiary/aromatic N) is 3. The molecule has 2 heterocycles. The molecule has 1 aliphatic rings. The standard InChI is InChI=1S/C21H23N5O.HI/c1-15-16(14-26(25-15)17-7-3-2-4-8-17)13-23-21(22)24-19-11-12-27-20-10-6-5-9-18(19)20;/h2-10,14,19H,11-13H2,1H3,(H3,22,23,24);1H. The number of aryl methyl sites for hydroxylation is 1. The van der Waals surface area contributed by atoms with E-state index in [0.717, 1.165) is 34.7 Å². The van der Waals surface area contributed by atoms with Crippen LogP contribution in [0.25, 0.3) is 5.69 Å². The van der Waals surface area contributed by atoms with Gasteiger partial charge < -0.3 is 15.8 Å². The fourth-order valence-electron chi connectivity index (χ4n) is 3.25. The molecule has 1 aromatic heterocycles. The summed E-state index contributed by atoms with van der Waals surface area (Å²) in [6.07, 6.45) is 2.86. The minimum absolute atomic E-state index is 0. The van der Waals surface area contributed by atoms with Gasteiger partial charge in [-0.1, -0.05) is 36.4 Å². The summed E-state index contributed by atoms with van der Waals surface area (Å²) in [5, 5.41) is 7.90. The third-order valence-corrected chi connectivity index (χ3v) is 4.72. The van der Waals surface area contributed by atoms with Crippen LogP contribution in [0.15, 0.2) is 65.8 Å². The highest BCUT2D eigenvalue weighted by Gasteiger charge is 2.21. The zero-order chi connectivity index (χ0) is 18.6. The number of rotatable bonds is 4. The summed E-state index contributed by atoms with van der Waals surface area (Å²) in [5.74, 6) is 1.34. The Labute approximate surface area is 181 Å². The minimum Gasteiger partial charge on any atom is -0.493 e. The summed E-state index contributed by atoms with van der Waals surface area (Å²) in [5.41, 5.74) is 10.3. The summed E-state index contributed by atoms with van der Waals surface area (Å²) in [6.45, 7) is 3.15. The molecule has 3 aromatic rings. The minimum atomic E-state index is 0. The molecular weight excluding hydrogens is 465 g/mol. The number of nitrogens with two attached hydrogens (primary N) is 1. The molecule has 0 saturated heterocycles. The lowest BCUT2D eigenvalue weighted by Crippen LogP contribution is -2.37. The van der Waals surface area contributed by atoms with E-state index in [-0.39, 0.29) is 30.0 Å². The fraction of sp³-hybridized carbons (Fsp3) is 0.238. The van der Waals surface area contributed by atoms with Gasteiger partial charge in [0.25, 0.3) is 0 Å². The molecular formula is C21H24IN5O. The number of hydrogen-bond acceptors (Lipinski definition) is 3. The molecule has 0 bridgehead atoms. The monoisotopic (exact) mass is 489 g/mol. The summed E-state index contributed by atoms with van der Waals surface area (Å²) in [4.78, 5) is 4.52. The second-order valence-electron chi connectivity index (χ2n) is 6.59. The van der Waals surface area contributed by atoms with Crippen LogP contribution in [-0.2, 0) is 6.54 Å². The average Bonchev–Trinajstić information content (AvgIpc) is 3.08. The van der Waals surface area contributed by atoms with E-state index in [0.29, 0.717) is 19.1 Å². The van der Waals surface area contributed by atoms with Crippen LogP contribution in [0, 0.1) is 6.92 Å². The van der Waals surface area contributed by atoms with Crippen molar-refractivity contribution in [1.29, 1.82) is 0 Å². The van der Waals surface area contributed by atoms with Gasteiger partial charge in [0.2, 0.25) is 0 Å². The Balaban J connectivity index is 0.00000225. The molecule has 146 valence electrons. The van der Waals surface area contributed by atoms with E-state index < -0.39 is 0 Å². The van der Waals surface area contributed by atoms with Crippen LogP contribution in [0.3, 0.4) is 0 Å². The van der Waals surface area contributed by atoms with Crippen molar-refractivity contribution in [3.63, 3.8) is 0 Å². The van der Waals surface area contributed by atoms with Gasteiger partial charge in [0.1, 0.15) is 5.75 Å². The number of aromatic nitrogens is 2. The summed E-state index contributed by atoms with van der Waals surface area (Å²) in [6, 6.07) is 18.2. The van der Waals surface area contributed by atoms with Gasteiger partial charge in [0.15, 0.2) is 5.96 Å². The number of hydrogen-bond donors (Lipinski definition) is 2. The molecule has 1 aliphatic heterocycles. The van der Waals surface area contributed by atoms with Crippen molar-refractivity contribution in [1.82, 2.24) is 15.1 Å². The Morgan fingerprint density at radius 1 is 1.21 bits per heavy atom. The van der Waals surface area contributed by atoms with Crippen molar-refractivity contribution in [2.45, 2.75) is 25.9 Å². The number of fused-ring (bicyclic) bond motifs is 1. The third kappa shape index (κ3) is 4.46. The molecule has 28 heavy (non-hydrogen) atoms. The Hall–Kier alpha value is -2.55. The number of para-hydroxylation sites is 2. The molecule has 0 fully saturated rings. The third-order valence-electron chi connectivity index (χ3n) is 4.72. The molecule has 0 amide bonds. The Morgan fingerprint density at radius 2 is 1.96 bits per heavy atom. The zero-order valence-corrected chi connectivity index (χ0v) is 18.0. The first-order chi connectivity index (χ1) is 13.2. The van der Waals surface area contributed by atoms with E-state index in [4.69, 9.17) is 10.5 Å². The van der Waals surface area contributed by atoms with Crippen LogP contribution < -0.4 is 15.8 Å². The van der Waals surface area contributed by atoms with Gasteiger partial charge in [-0.3, -0.25) is 0 Å². The molecule has 4 rings (SSSR count). The van der Waals surface area contributed by atoms with E-state index in [9.17, 15) is 0 Å². The van der Waals surface area contributed by atoms with Crippen LogP contribution in [0.2, 0.25) is 0 Å². The van der Waals surface area contributed by atoms with E-state index >= 15 is 0 Å². The number of aliphatic imine (C=N–C) groups is 1. The smallest absolute Gasteiger partial charge is 0.189 e. The average molecular weight is 489 g/mol. The summed E-state index contributed by atoms with van der Waals surface area (Å²) >= 11 is 0. The Bertz CT molecular complexity index is 954. The highest BCUT2D eigenvalue weighted by molar-refractivity contribution is 14.0. The second kappa shape index (κ2) is 9.09. The molecule has 1 atom stereocenters. The molecule has 0 aliphatic carbocycles. The lowest BCUT2D eigenvalue weighted by Gasteiger charge is -2.26. The predicted molar refractivity (Wildman–Crippen MR) is 121 cm³/mol. The van der Waals surface area contributed by atoms with Crippen LogP contribution >= 0.6 is 24.0 Å². The van der Waals surface area contributed by atoms with Gasteiger partial charge >= 0.3 is 0 Å².